The molecule has 4 rings (SSSR count). The molecule has 29 heavy (non-hydrogen) atoms. The van der Waals surface area contributed by atoms with Crippen molar-refractivity contribution in [3.05, 3.63) is 73.1 Å². The quantitative estimate of drug-likeness (QED) is 0.457. The number of fused-ring (bicyclic) bond motifs is 2. The summed E-state index contributed by atoms with van der Waals surface area (Å²) < 4.78 is 11.6. The second-order valence-electron chi connectivity index (χ2n) is 7.56. The van der Waals surface area contributed by atoms with Gasteiger partial charge in [0.05, 0.1) is 0 Å². The number of nitrogens with zero attached hydrogens (tertiary/aromatic N) is 1. The van der Waals surface area contributed by atoms with Gasteiger partial charge < -0.3 is 9.15 Å². The van der Waals surface area contributed by atoms with Gasteiger partial charge in [-0.2, -0.15) is 0 Å². The van der Waals surface area contributed by atoms with Gasteiger partial charge in [0.15, 0.2) is 0 Å². The minimum absolute atomic E-state index is 0.304. The van der Waals surface area contributed by atoms with Crippen LogP contribution >= 0.6 is 23.2 Å². The van der Waals surface area contributed by atoms with E-state index in [2.05, 4.69) is 17.9 Å². The van der Waals surface area contributed by atoms with Crippen LogP contribution in [0.15, 0.2) is 39.5 Å². The van der Waals surface area contributed by atoms with E-state index in [4.69, 9.17) is 32.4 Å². The van der Waals surface area contributed by atoms with Crippen LogP contribution in [0.1, 0.15) is 42.0 Å². The summed E-state index contributed by atoms with van der Waals surface area (Å²) in [7, 11) is 0. The van der Waals surface area contributed by atoms with Crippen molar-refractivity contribution in [1.82, 2.24) is 4.90 Å². The first kappa shape index (κ1) is 20.3. The molecule has 0 saturated carbocycles. The number of aryl methyl sites for hydroxylation is 2. The lowest BCUT2D eigenvalue weighted by Gasteiger charge is -2.30. The van der Waals surface area contributed by atoms with E-state index in [1.807, 2.05) is 19.1 Å². The van der Waals surface area contributed by atoms with Gasteiger partial charge in [-0.25, -0.2) is 4.79 Å². The molecule has 3 aromatic rings. The molecule has 0 amide bonds. The minimum atomic E-state index is -0.304. The molecule has 0 fully saturated rings. The normalized spacial score (nSPS) is 14.1. The Kier molecular flexibility index (Phi) is 5.86. The molecule has 152 valence electrons. The van der Waals surface area contributed by atoms with E-state index in [0.717, 1.165) is 59.2 Å². The van der Waals surface area contributed by atoms with Crippen molar-refractivity contribution >= 4 is 34.2 Å². The Balaban J connectivity index is 1.69. The molecule has 2 aromatic carbocycles. The standard InChI is InChI=1S/C23H23Cl2NO3/c1-3-4-5-15-9-21(27)29-23-14(2)22-17(8-19(15)23)12-26(13-28-22)11-16-6-7-18(24)10-20(16)25/h6-10H,3-5,11-13H2,1-2H3. The van der Waals surface area contributed by atoms with E-state index in [9.17, 15) is 4.79 Å². The number of hydrogen-bond donors (Lipinski definition) is 0. The summed E-state index contributed by atoms with van der Waals surface area (Å²) in [5.74, 6) is 0.812. The third-order valence-corrected chi connectivity index (χ3v) is 5.96. The zero-order chi connectivity index (χ0) is 20.5. The highest BCUT2D eigenvalue weighted by atomic mass is 35.5. The van der Waals surface area contributed by atoms with Crippen molar-refractivity contribution in [2.45, 2.75) is 46.2 Å². The summed E-state index contributed by atoms with van der Waals surface area (Å²) in [6.07, 6.45) is 2.97. The number of halogens is 2. The maximum absolute atomic E-state index is 12.1. The molecule has 0 bridgehead atoms. The van der Waals surface area contributed by atoms with Crippen LogP contribution in [0.3, 0.4) is 0 Å². The van der Waals surface area contributed by atoms with Crippen molar-refractivity contribution in [2.75, 3.05) is 6.73 Å². The summed E-state index contributed by atoms with van der Waals surface area (Å²) in [5.41, 5.74) is 4.37. The molecule has 2 heterocycles. The van der Waals surface area contributed by atoms with Crippen LogP contribution in [-0.2, 0) is 19.5 Å². The number of hydrogen-bond acceptors (Lipinski definition) is 4. The maximum Gasteiger partial charge on any atom is 0.336 e. The second-order valence-corrected chi connectivity index (χ2v) is 8.40. The van der Waals surface area contributed by atoms with E-state index in [1.165, 1.54) is 0 Å². The molecule has 0 spiro atoms. The minimum Gasteiger partial charge on any atom is -0.477 e. The van der Waals surface area contributed by atoms with Crippen LogP contribution in [0.25, 0.3) is 11.0 Å². The molecule has 1 aromatic heterocycles. The van der Waals surface area contributed by atoms with E-state index in [-0.39, 0.29) is 5.63 Å². The smallest absolute Gasteiger partial charge is 0.336 e. The Bertz CT molecular complexity index is 1120. The Labute approximate surface area is 180 Å². The fourth-order valence-electron chi connectivity index (χ4n) is 3.90. The van der Waals surface area contributed by atoms with Crippen molar-refractivity contribution < 1.29 is 9.15 Å². The van der Waals surface area contributed by atoms with Gasteiger partial charge in [0.25, 0.3) is 0 Å². The topological polar surface area (TPSA) is 42.7 Å². The largest absolute Gasteiger partial charge is 0.477 e. The molecule has 1 aliphatic heterocycles. The van der Waals surface area contributed by atoms with Gasteiger partial charge in [0.1, 0.15) is 18.1 Å². The molecule has 0 aliphatic carbocycles. The van der Waals surface area contributed by atoms with Crippen molar-refractivity contribution in [2.24, 2.45) is 0 Å². The summed E-state index contributed by atoms with van der Waals surface area (Å²) in [6, 6.07) is 9.29. The van der Waals surface area contributed by atoms with Crippen LogP contribution in [-0.4, -0.2) is 11.6 Å². The van der Waals surface area contributed by atoms with Crippen molar-refractivity contribution in [3.63, 3.8) is 0 Å². The monoisotopic (exact) mass is 431 g/mol. The third kappa shape index (κ3) is 4.16. The Morgan fingerprint density at radius 2 is 1.97 bits per heavy atom. The third-order valence-electron chi connectivity index (χ3n) is 5.37. The lowest BCUT2D eigenvalue weighted by molar-refractivity contribution is 0.0881. The first-order valence-electron chi connectivity index (χ1n) is 9.84. The lowest BCUT2D eigenvalue weighted by atomic mass is 9.98. The molecule has 0 N–H and O–H groups in total. The highest BCUT2D eigenvalue weighted by Gasteiger charge is 2.23. The number of unbranched alkanes of at least 4 members (excludes halogenated alkanes) is 1. The molecule has 0 unspecified atom stereocenters. The predicted octanol–water partition coefficient (Wildman–Crippen LogP) is 6.10. The number of rotatable bonds is 5. The van der Waals surface area contributed by atoms with Gasteiger partial charge in [-0.1, -0.05) is 42.6 Å². The van der Waals surface area contributed by atoms with E-state index < -0.39 is 0 Å². The fourth-order valence-corrected chi connectivity index (χ4v) is 4.37. The summed E-state index contributed by atoms with van der Waals surface area (Å²) in [6.45, 7) is 5.95. The van der Waals surface area contributed by atoms with Gasteiger partial charge in [0, 0.05) is 45.7 Å². The van der Waals surface area contributed by atoms with Gasteiger partial charge in [-0.05, 0) is 49.1 Å². The van der Waals surface area contributed by atoms with E-state index >= 15 is 0 Å². The zero-order valence-electron chi connectivity index (χ0n) is 16.6. The van der Waals surface area contributed by atoms with Crippen LogP contribution in [0.2, 0.25) is 10.0 Å². The Hall–Kier alpha value is -2.01. The van der Waals surface area contributed by atoms with E-state index in [0.29, 0.717) is 28.9 Å². The van der Waals surface area contributed by atoms with Gasteiger partial charge in [-0.3, -0.25) is 4.90 Å². The SMILES string of the molecule is CCCCc1cc(=O)oc2c(C)c3c(cc12)CN(Cc1ccc(Cl)cc1Cl)CO3. The van der Waals surface area contributed by atoms with Crippen LogP contribution in [0, 0.1) is 6.92 Å². The van der Waals surface area contributed by atoms with E-state index in [1.54, 1.807) is 12.1 Å². The highest BCUT2D eigenvalue weighted by Crippen LogP contribution is 2.36. The van der Waals surface area contributed by atoms with Gasteiger partial charge in [0.2, 0.25) is 0 Å². The first-order valence-corrected chi connectivity index (χ1v) is 10.6. The van der Waals surface area contributed by atoms with Crippen LogP contribution < -0.4 is 10.4 Å². The van der Waals surface area contributed by atoms with Crippen molar-refractivity contribution in [1.29, 1.82) is 0 Å². The summed E-state index contributed by atoms with van der Waals surface area (Å²) >= 11 is 12.4. The lowest BCUT2D eigenvalue weighted by Crippen LogP contribution is -2.32. The molecule has 4 nitrogen and oxygen atoms in total. The predicted molar refractivity (Wildman–Crippen MR) is 117 cm³/mol. The van der Waals surface area contributed by atoms with Gasteiger partial charge >= 0.3 is 5.63 Å². The van der Waals surface area contributed by atoms with Crippen molar-refractivity contribution in [3.8, 4) is 5.75 Å². The first-order chi connectivity index (χ1) is 14.0. The maximum atomic E-state index is 12.1. The summed E-state index contributed by atoms with van der Waals surface area (Å²) in [5, 5.41) is 2.29. The Morgan fingerprint density at radius 3 is 2.72 bits per heavy atom. The molecule has 6 heteroatoms. The van der Waals surface area contributed by atoms with Gasteiger partial charge in [-0.15, -0.1) is 0 Å². The second kappa shape index (κ2) is 8.39. The molecule has 1 aliphatic rings. The number of benzene rings is 2. The molecule has 0 saturated heterocycles. The molecule has 0 radical (unpaired) electrons. The fraction of sp³-hybridized carbons (Fsp3) is 0.348. The average Bonchev–Trinajstić information content (AvgIpc) is 2.69. The molecule has 0 atom stereocenters. The van der Waals surface area contributed by atoms with Crippen LogP contribution in [0.5, 0.6) is 5.75 Å². The zero-order valence-corrected chi connectivity index (χ0v) is 18.1. The average molecular weight is 432 g/mol. The summed E-state index contributed by atoms with van der Waals surface area (Å²) in [4.78, 5) is 14.2. The molecular formula is C23H23Cl2NO3. The Morgan fingerprint density at radius 1 is 1.14 bits per heavy atom. The van der Waals surface area contributed by atoms with Crippen LogP contribution in [0.4, 0.5) is 0 Å². The number of ether oxygens (including phenoxy) is 1. The highest BCUT2D eigenvalue weighted by molar-refractivity contribution is 6.35. The molecular weight excluding hydrogens is 409 g/mol.